The maximum absolute atomic E-state index is 11.1. The molecule has 7 heteroatoms. The zero-order valence-electron chi connectivity index (χ0n) is 12.4. The van der Waals surface area contributed by atoms with Crippen LogP contribution in [0.25, 0.3) is 0 Å². The van der Waals surface area contributed by atoms with Gasteiger partial charge in [0, 0.05) is 18.8 Å². The summed E-state index contributed by atoms with van der Waals surface area (Å²) in [5.74, 6) is -0.206. The predicted octanol–water partition coefficient (Wildman–Crippen LogP) is 1.72. The number of rotatable bonds is 5. The summed E-state index contributed by atoms with van der Waals surface area (Å²) >= 11 is 0. The molecule has 2 aromatic heterocycles. The summed E-state index contributed by atoms with van der Waals surface area (Å²) in [5, 5.41) is 20.9. The smallest absolute Gasteiger partial charge is 0.305 e. The lowest BCUT2D eigenvalue weighted by atomic mass is 9.84. The van der Waals surface area contributed by atoms with E-state index in [2.05, 4.69) is 20.5 Å². The van der Waals surface area contributed by atoms with Crippen molar-refractivity contribution in [3.8, 4) is 0 Å². The lowest BCUT2D eigenvalue weighted by molar-refractivity contribution is -0.138. The first-order valence-electron chi connectivity index (χ1n) is 6.75. The molecule has 0 amide bonds. The Hall–Kier alpha value is -2.31. The second-order valence-electron chi connectivity index (χ2n) is 6.05. The molecule has 2 heterocycles. The molecule has 0 spiro atoms. The van der Waals surface area contributed by atoms with Gasteiger partial charge in [0.1, 0.15) is 0 Å². The number of hydrogen-bond acceptors (Lipinski definition) is 5. The van der Waals surface area contributed by atoms with Gasteiger partial charge >= 0.3 is 5.97 Å². The van der Waals surface area contributed by atoms with Crippen molar-refractivity contribution < 1.29 is 9.90 Å². The zero-order chi connectivity index (χ0) is 15.5. The van der Waals surface area contributed by atoms with Crippen LogP contribution in [0.1, 0.15) is 44.6 Å². The summed E-state index contributed by atoms with van der Waals surface area (Å²) in [4.78, 5) is 15.1. The van der Waals surface area contributed by atoms with Crippen LogP contribution in [0.2, 0.25) is 0 Å². The maximum Gasteiger partial charge on any atom is 0.305 e. The Kier molecular flexibility index (Phi) is 4.30. The van der Waals surface area contributed by atoms with Gasteiger partial charge in [-0.05, 0) is 33.5 Å². The standard InChI is InChI=1S/C14H19N5O2/c1-14(2,3)11(9-13(20)21)19-12(16-17-18-19)8-10-4-6-15-7-5-10/h4-7,11H,8-9H2,1-3H3,(H,20,21). The molecule has 112 valence electrons. The van der Waals surface area contributed by atoms with Crippen molar-refractivity contribution >= 4 is 5.97 Å². The number of carbonyl (C=O) groups is 1. The number of tetrazole rings is 1. The van der Waals surface area contributed by atoms with Crippen LogP contribution in [0.3, 0.4) is 0 Å². The molecule has 0 fully saturated rings. The predicted molar refractivity (Wildman–Crippen MR) is 75.6 cm³/mol. The van der Waals surface area contributed by atoms with E-state index in [9.17, 15) is 4.79 Å². The molecule has 0 aliphatic carbocycles. The summed E-state index contributed by atoms with van der Waals surface area (Å²) in [7, 11) is 0. The van der Waals surface area contributed by atoms with E-state index in [1.54, 1.807) is 17.1 Å². The van der Waals surface area contributed by atoms with Gasteiger partial charge in [-0.2, -0.15) is 0 Å². The van der Waals surface area contributed by atoms with Crippen molar-refractivity contribution in [3.05, 3.63) is 35.9 Å². The van der Waals surface area contributed by atoms with E-state index in [0.29, 0.717) is 12.2 Å². The third-order valence-electron chi connectivity index (χ3n) is 3.34. The first kappa shape index (κ1) is 15.1. The van der Waals surface area contributed by atoms with Crippen LogP contribution in [0.4, 0.5) is 0 Å². The fourth-order valence-corrected chi connectivity index (χ4v) is 2.18. The molecule has 0 saturated carbocycles. The van der Waals surface area contributed by atoms with Gasteiger partial charge in [0.2, 0.25) is 0 Å². The molecule has 0 aliphatic rings. The van der Waals surface area contributed by atoms with Gasteiger partial charge in [-0.1, -0.05) is 20.8 Å². The molecule has 0 aliphatic heterocycles. The normalized spacial score (nSPS) is 13.1. The van der Waals surface area contributed by atoms with E-state index in [1.807, 2.05) is 32.9 Å². The average molecular weight is 289 g/mol. The molecule has 0 bridgehead atoms. The molecule has 0 aromatic carbocycles. The molecule has 7 nitrogen and oxygen atoms in total. The van der Waals surface area contributed by atoms with Gasteiger partial charge in [-0.3, -0.25) is 9.78 Å². The summed E-state index contributed by atoms with van der Waals surface area (Å²) < 4.78 is 1.63. The fourth-order valence-electron chi connectivity index (χ4n) is 2.18. The molecular weight excluding hydrogens is 270 g/mol. The Bertz CT molecular complexity index is 603. The Morgan fingerprint density at radius 2 is 2.00 bits per heavy atom. The third kappa shape index (κ3) is 3.84. The van der Waals surface area contributed by atoms with E-state index in [1.165, 1.54) is 0 Å². The van der Waals surface area contributed by atoms with Gasteiger partial charge < -0.3 is 5.11 Å². The van der Waals surface area contributed by atoms with E-state index in [-0.39, 0.29) is 17.9 Å². The molecule has 2 aromatic rings. The molecule has 21 heavy (non-hydrogen) atoms. The molecular formula is C14H19N5O2. The number of aliphatic carboxylic acids is 1. The van der Waals surface area contributed by atoms with E-state index >= 15 is 0 Å². The molecule has 1 unspecified atom stereocenters. The Morgan fingerprint density at radius 3 is 2.57 bits per heavy atom. The minimum Gasteiger partial charge on any atom is -0.481 e. The molecule has 2 rings (SSSR count). The van der Waals surface area contributed by atoms with Gasteiger partial charge in [-0.15, -0.1) is 5.10 Å². The molecule has 1 N–H and O–H groups in total. The highest BCUT2D eigenvalue weighted by Crippen LogP contribution is 2.33. The Balaban J connectivity index is 2.30. The third-order valence-corrected chi connectivity index (χ3v) is 3.34. The van der Waals surface area contributed by atoms with Crippen LogP contribution in [-0.4, -0.2) is 36.3 Å². The number of carboxylic acids is 1. The van der Waals surface area contributed by atoms with Crippen molar-refractivity contribution in [2.75, 3.05) is 0 Å². The highest BCUT2D eigenvalue weighted by atomic mass is 16.4. The minimum atomic E-state index is -0.861. The Labute approximate surface area is 123 Å². The summed E-state index contributed by atoms with van der Waals surface area (Å²) in [6.07, 6.45) is 3.95. The van der Waals surface area contributed by atoms with Crippen LogP contribution >= 0.6 is 0 Å². The van der Waals surface area contributed by atoms with Gasteiger partial charge in [0.05, 0.1) is 12.5 Å². The number of carboxylic acid groups (broad SMARTS) is 1. The topological polar surface area (TPSA) is 93.8 Å². The van der Waals surface area contributed by atoms with Crippen LogP contribution in [0, 0.1) is 5.41 Å². The van der Waals surface area contributed by atoms with Crippen LogP contribution in [0.5, 0.6) is 0 Å². The van der Waals surface area contributed by atoms with E-state index in [0.717, 1.165) is 5.56 Å². The molecule has 0 radical (unpaired) electrons. The highest BCUT2D eigenvalue weighted by molar-refractivity contribution is 5.67. The summed E-state index contributed by atoms with van der Waals surface area (Å²) in [6, 6.07) is 3.48. The second-order valence-corrected chi connectivity index (χ2v) is 6.05. The SMILES string of the molecule is CC(C)(C)C(CC(=O)O)n1nnnc1Cc1ccncc1. The second kappa shape index (κ2) is 5.99. The lowest BCUT2D eigenvalue weighted by Gasteiger charge is -2.29. The number of pyridine rings is 1. The maximum atomic E-state index is 11.1. The van der Waals surface area contributed by atoms with Crippen molar-refractivity contribution in [2.45, 2.75) is 39.7 Å². The van der Waals surface area contributed by atoms with Gasteiger partial charge in [0.15, 0.2) is 5.82 Å². The largest absolute Gasteiger partial charge is 0.481 e. The highest BCUT2D eigenvalue weighted by Gasteiger charge is 2.31. The summed E-state index contributed by atoms with van der Waals surface area (Å²) in [6.45, 7) is 5.95. The molecule has 1 atom stereocenters. The van der Waals surface area contributed by atoms with Crippen molar-refractivity contribution in [3.63, 3.8) is 0 Å². The van der Waals surface area contributed by atoms with Crippen molar-refractivity contribution in [2.24, 2.45) is 5.41 Å². The van der Waals surface area contributed by atoms with Crippen LogP contribution in [-0.2, 0) is 11.2 Å². The average Bonchev–Trinajstić information content (AvgIpc) is 2.83. The Morgan fingerprint density at radius 1 is 1.33 bits per heavy atom. The van der Waals surface area contributed by atoms with Crippen molar-refractivity contribution in [1.82, 2.24) is 25.2 Å². The first-order valence-corrected chi connectivity index (χ1v) is 6.75. The number of hydrogen-bond donors (Lipinski definition) is 1. The lowest BCUT2D eigenvalue weighted by Crippen LogP contribution is -2.29. The number of aromatic nitrogens is 5. The quantitative estimate of drug-likeness (QED) is 0.900. The van der Waals surface area contributed by atoms with Crippen LogP contribution in [0.15, 0.2) is 24.5 Å². The summed E-state index contributed by atoms with van der Waals surface area (Å²) in [5.41, 5.74) is 0.768. The monoisotopic (exact) mass is 289 g/mol. The van der Waals surface area contributed by atoms with E-state index < -0.39 is 5.97 Å². The first-order chi connectivity index (χ1) is 9.88. The van der Waals surface area contributed by atoms with Gasteiger partial charge in [-0.25, -0.2) is 4.68 Å². The fraction of sp³-hybridized carbons (Fsp3) is 0.500. The van der Waals surface area contributed by atoms with E-state index in [4.69, 9.17) is 5.11 Å². The minimum absolute atomic E-state index is 0.0160. The van der Waals surface area contributed by atoms with Crippen molar-refractivity contribution in [1.29, 1.82) is 0 Å². The number of nitrogens with zero attached hydrogens (tertiary/aromatic N) is 5. The molecule has 0 saturated heterocycles. The van der Waals surface area contributed by atoms with Gasteiger partial charge in [0.25, 0.3) is 0 Å². The zero-order valence-corrected chi connectivity index (χ0v) is 12.4. The van der Waals surface area contributed by atoms with Crippen LogP contribution < -0.4 is 0 Å².